The van der Waals surface area contributed by atoms with Gasteiger partial charge < -0.3 is 4.18 Å². The molecule has 0 fully saturated rings. The van der Waals surface area contributed by atoms with Crippen molar-refractivity contribution >= 4 is 21.5 Å². The number of nitrogens with zero attached hydrogens (tertiary/aromatic N) is 2. The van der Waals surface area contributed by atoms with Gasteiger partial charge in [-0.15, -0.1) is 11.3 Å². The molecule has 0 saturated heterocycles. The Balaban J connectivity index is 2.37. The Morgan fingerprint density at radius 1 is 1.35 bits per heavy atom. The molecule has 7 heteroatoms. The molecule has 0 amide bonds. The second-order valence-corrected chi connectivity index (χ2v) is 5.56. The van der Waals surface area contributed by atoms with Gasteiger partial charge in [-0.2, -0.15) is 13.7 Å². The fraction of sp³-hybridized carbons (Fsp3) is 0. The van der Waals surface area contributed by atoms with Gasteiger partial charge in [0.25, 0.3) is 0 Å². The molecule has 0 aliphatic carbocycles. The quantitative estimate of drug-likeness (QED) is 0.791. The van der Waals surface area contributed by atoms with Crippen molar-refractivity contribution in [3.63, 3.8) is 0 Å². The van der Waals surface area contributed by atoms with E-state index in [4.69, 9.17) is 9.44 Å². The van der Waals surface area contributed by atoms with Crippen LogP contribution in [0.25, 0.3) is 0 Å². The topological polar surface area (TPSA) is 80.0 Å². The Hall–Kier alpha value is -1.91. The van der Waals surface area contributed by atoms with Gasteiger partial charge in [0, 0.05) is 11.6 Å². The van der Waals surface area contributed by atoms with Gasteiger partial charge in [0.15, 0.2) is 5.75 Å². The SMILES string of the molecule is N#Cc1ccccc1OS(=O)(=O)c1nccs1. The van der Waals surface area contributed by atoms with Gasteiger partial charge >= 0.3 is 10.1 Å². The van der Waals surface area contributed by atoms with E-state index < -0.39 is 10.1 Å². The maximum absolute atomic E-state index is 11.7. The zero-order valence-corrected chi connectivity index (χ0v) is 10.0. The standard InChI is InChI=1S/C10H6N2O3S2/c11-7-8-3-1-2-4-9(8)15-17(13,14)10-12-5-6-16-10/h1-6H. The van der Waals surface area contributed by atoms with Crippen molar-refractivity contribution < 1.29 is 12.6 Å². The minimum absolute atomic E-state index is 0.00481. The molecule has 86 valence electrons. The third kappa shape index (κ3) is 2.43. The van der Waals surface area contributed by atoms with Crippen molar-refractivity contribution in [2.24, 2.45) is 0 Å². The molecular formula is C10H6N2O3S2. The maximum Gasteiger partial charge on any atom is 0.366 e. The van der Waals surface area contributed by atoms with Crippen molar-refractivity contribution in [1.82, 2.24) is 4.98 Å². The van der Waals surface area contributed by atoms with E-state index in [0.29, 0.717) is 0 Å². The third-order valence-corrected chi connectivity index (χ3v) is 4.23. The first-order valence-electron chi connectivity index (χ1n) is 4.46. The summed E-state index contributed by atoms with van der Waals surface area (Å²) in [7, 11) is -3.95. The Kier molecular flexibility index (Phi) is 3.08. The lowest BCUT2D eigenvalue weighted by Gasteiger charge is -2.05. The Morgan fingerprint density at radius 3 is 2.76 bits per heavy atom. The second kappa shape index (κ2) is 4.53. The van der Waals surface area contributed by atoms with E-state index in [-0.39, 0.29) is 15.7 Å². The van der Waals surface area contributed by atoms with Crippen LogP contribution in [0.2, 0.25) is 0 Å². The number of para-hydroxylation sites is 1. The number of hydrogen-bond donors (Lipinski definition) is 0. The van der Waals surface area contributed by atoms with Crippen LogP contribution in [0.15, 0.2) is 40.2 Å². The second-order valence-electron chi connectivity index (χ2n) is 2.94. The first-order chi connectivity index (χ1) is 8.13. The summed E-state index contributed by atoms with van der Waals surface area (Å²) in [6.07, 6.45) is 1.37. The largest absolute Gasteiger partial charge is 0.376 e. The van der Waals surface area contributed by atoms with E-state index in [1.165, 1.54) is 23.7 Å². The Bertz CT molecular complexity index is 657. The first-order valence-corrected chi connectivity index (χ1v) is 6.75. The highest BCUT2D eigenvalue weighted by molar-refractivity contribution is 7.89. The van der Waals surface area contributed by atoms with Gasteiger partial charge in [-0.3, -0.25) is 0 Å². The van der Waals surface area contributed by atoms with Crippen molar-refractivity contribution in [2.45, 2.75) is 4.34 Å². The van der Waals surface area contributed by atoms with E-state index >= 15 is 0 Å². The highest BCUT2D eigenvalue weighted by Crippen LogP contribution is 2.22. The van der Waals surface area contributed by atoms with Gasteiger partial charge in [-0.1, -0.05) is 12.1 Å². The van der Waals surface area contributed by atoms with Crippen LogP contribution >= 0.6 is 11.3 Å². The molecule has 0 aliphatic heterocycles. The number of rotatable bonds is 3. The van der Waals surface area contributed by atoms with Crippen LogP contribution in [0.1, 0.15) is 5.56 Å². The molecule has 1 heterocycles. The lowest BCUT2D eigenvalue weighted by Crippen LogP contribution is -2.10. The van der Waals surface area contributed by atoms with Gasteiger partial charge in [0.2, 0.25) is 4.34 Å². The summed E-state index contributed by atoms with van der Waals surface area (Å²) >= 11 is 0.956. The third-order valence-electron chi connectivity index (χ3n) is 1.83. The van der Waals surface area contributed by atoms with Crippen LogP contribution < -0.4 is 4.18 Å². The maximum atomic E-state index is 11.7. The van der Waals surface area contributed by atoms with E-state index in [1.807, 2.05) is 6.07 Å². The molecule has 2 aromatic rings. The van der Waals surface area contributed by atoms with E-state index in [2.05, 4.69) is 4.98 Å². The molecule has 2 rings (SSSR count). The molecule has 0 bridgehead atoms. The summed E-state index contributed by atoms with van der Waals surface area (Å²) in [6.45, 7) is 0. The van der Waals surface area contributed by atoms with Crippen LogP contribution in [0, 0.1) is 11.3 Å². The zero-order chi connectivity index (χ0) is 12.3. The fourth-order valence-electron chi connectivity index (χ4n) is 1.12. The molecule has 17 heavy (non-hydrogen) atoms. The molecule has 1 aromatic carbocycles. The lowest BCUT2D eigenvalue weighted by molar-refractivity contribution is 0.484. The highest BCUT2D eigenvalue weighted by atomic mass is 32.3. The van der Waals surface area contributed by atoms with Crippen molar-refractivity contribution in [3.05, 3.63) is 41.4 Å². The van der Waals surface area contributed by atoms with Crippen LogP contribution in [-0.2, 0) is 10.1 Å². The van der Waals surface area contributed by atoms with E-state index in [9.17, 15) is 8.42 Å². The molecule has 0 N–H and O–H groups in total. The minimum Gasteiger partial charge on any atom is -0.376 e. The fourth-order valence-corrected chi connectivity index (χ4v) is 2.86. The zero-order valence-electron chi connectivity index (χ0n) is 8.40. The average molecular weight is 266 g/mol. The Labute approximate surface area is 102 Å². The van der Waals surface area contributed by atoms with E-state index in [1.54, 1.807) is 12.1 Å². The molecule has 1 aromatic heterocycles. The van der Waals surface area contributed by atoms with Crippen LogP contribution in [0.4, 0.5) is 0 Å². The number of thiazole rings is 1. The Morgan fingerprint density at radius 2 is 2.12 bits per heavy atom. The summed E-state index contributed by atoms with van der Waals surface area (Å²) in [4.78, 5) is 3.66. The predicted molar refractivity (Wildman–Crippen MR) is 61.1 cm³/mol. The molecule has 0 spiro atoms. The van der Waals surface area contributed by atoms with Gasteiger partial charge in [0.05, 0.1) is 5.56 Å². The minimum atomic E-state index is -3.95. The van der Waals surface area contributed by atoms with Gasteiger partial charge in [-0.25, -0.2) is 4.98 Å². The highest BCUT2D eigenvalue weighted by Gasteiger charge is 2.20. The molecule has 5 nitrogen and oxygen atoms in total. The van der Waals surface area contributed by atoms with Crippen LogP contribution in [0.3, 0.4) is 0 Å². The molecule has 0 aliphatic rings. The molecule has 0 atom stereocenters. The number of benzene rings is 1. The monoisotopic (exact) mass is 266 g/mol. The van der Waals surface area contributed by atoms with Crippen LogP contribution in [0.5, 0.6) is 5.75 Å². The molecule has 0 radical (unpaired) electrons. The summed E-state index contributed by atoms with van der Waals surface area (Å²) in [5.74, 6) is 0.00481. The number of nitriles is 1. The number of hydrogen-bond acceptors (Lipinski definition) is 6. The average Bonchev–Trinajstić information content (AvgIpc) is 2.83. The summed E-state index contributed by atoms with van der Waals surface area (Å²) in [5, 5.41) is 10.3. The van der Waals surface area contributed by atoms with Crippen molar-refractivity contribution in [2.75, 3.05) is 0 Å². The van der Waals surface area contributed by atoms with Crippen LogP contribution in [-0.4, -0.2) is 13.4 Å². The summed E-state index contributed by atoms with van der Waals surface area (Å²) in [6, 6.07) is 7.97. The predicted octanol–water partition coefficient (Wildman–Crippen LogP) is 1.78. The van der Waals surface area contributed by atoms with Gasteiger partial charge in [-0.05, 0) is 12.1 Å². The normalized spacial score (nSPS) is 10.8. The van der Waals surface area contributed by atoms with Crippen molar-refractivity contribution in [1.29, 1.82) is 5.26 Å². The number of aromatic nitrogens is 1. The molecule has 0 saturated carbocycles. The summed E-state index contributed by atoms with van der Waals surface area (Å²) in [5.41, 5.74) is 0.160. The molecule has 0 unspecified atom stereocenters. The first kappa shape index (κ1) is 11.6. The van der Waals surface area contributed by atoms with E-state index in [0.717, 1.165) is 11.3 Å². The molecular weight excluding hydrogens is 260 g/mol. The summed E-state index contributed by atoms with van der Waals surface area (Å²) < 4.78 is 28.2. The van der Waals surface area contributed by atoms with Crippen molar-refractivity contribution in [3.8, 4) is 11.8 Å². The lowest BCUT2D eigenvalue weighted by atomic mass is 10.2. The smallest absolute Gasteiger partial charge is 0.366 e. The van der Waals surface area contributed by atoms with Gasteiger partial charge in [0.1, 0.15) is 6.07 Å².